The quantitative estimate of drug-likeness (QED) is 0.595. The summed E-state index contributed by atoms with van der Waals surface area (Å²) in [7, 11) is 0. The molecule has 0 bridgehead atoms. The van der Waals surface area contributed by atoms with Crippen molar-refractivity contribution >= 4 is 21.8 Å². The minimum atomic E-state index is 0.222. The highest BCUT2D eigenvalue weighted by Gasteiger charge is 2.24. The van der Waals surface area contributed by atoms with Gasteiger partial charge in [0.25, 0.3) is 0 Å². The molecule has 1 N–H and O–H groups in total. The fourth-order valence-electron chi connectivity index (χ4n) is 4.13. The molecule has 0 saturated carbocycles. The van der Waals surface area contributed by atoms with Crippen molar-refractivity contribution in [3.8, 4) is 5.69 Å². The van der Waals surface area contributed by atoms with Crippen LogP contribution in [0.15, 0.2) is 67.0 Å². The summed E-state index contributed by atoms with van der Waals surface area (Å²) in [5.74, 6) is 0.346. The van der Waals surface area contributed by atoms with Crippen LogP contribution in [0.2, 0.25) is 0 Å². The maximum Gasteiger partial charge on any atom is 0.0766 e. The molecule has 3 heterocycles. The first kappa shape index (κ1) is 16.5. The van der Waals surface area contributed by atoms with E-state index >= 15 is 0 Å². The number of nitrogens with zero attached hydrogens (tertiary/aromatic N) is 2. The molecule has 1 aliphatic rings. The number of hydrogen-bond acceptors (Lipinski definition) is 3. The Kier molecular flexibility index (Phi) is 4.15. The Morgan fingerprint density at radius 1 is 1.15 bits per heavy atom. The molecule has 4 aromatic rings. The normalized spacial score (nSPS) is 18.8. The average molecular weight is 357 g/mol. The zero-order chi connectivity index (χ0) is 18.2. The first-order valence-corrected chi connectivity index (χ1v) is 9.59. The molecule has 4 nitrogen and oxygen atoms in total. The SMILES string of the molecule is CC(c1cccc2c1ccn2-c1ccc2ncccc2c1)C1CNCCO1. The van der Waals surface area contributed by atoms with Crippen LogP contribution in [0.3, 0.4) is 0 Å². The van der Waals surface area contributed by atoms with Crippen LogP contribution in [0.1, 0.15) is 18.4 Å². The molecular formula is C23H23N3O. The molecule has 2 unspecified atom stereocenters. The summed E-state index contributed by atoms with van der Waals surface area (Å²) >= 11 is 0. The summed E-state index contributed by atoms with van der Waals surface area (Å²) in [6.07, 6.45) is 4.22. The van der Waals surface area contributed by atoms with E-state index in [2.05, 4.69) is 76.5 Å². The maximum atomic E-state index is 6.01. The van der Waals surface area contributed by atoms with Crippen molar-refractivity contribution in [2.45, 2.75) is 18.9 Å². The molecule has 2 aromatic carbocycles. The van der Waals surface area contributed by atoms with Crippen molar-refractivity contribution in [2.24, 2.45) is 0 Å². The number of rotatable bonds is 3. The third kappa shape index (κ3) is 2.91. The lowest BCUT2D eigenvalue weighted by Crippen LogP contribution is -2.41. The Morgan fingerprint density at radius 2 is 2.11 bits per heavy atom. The zero-order valence-electron chi connectivity index (χ0n) is 15.4. The number of benzene rings is 2. The topological polar surface area (TPSA) is 39.1 Å². The van der Waals surface area contributed by atoms with Gasteiger partial charge in [-0.1, -0.05) is 25.1 Å². The molecule has 2 atom stereocenters. The van der Waals surface area contributed by atoms with Gasteiger partial charge < -0.3 is 14.6 Å². The van der Waals surface area contributed by atoms with E-state index in [1.807, 2.05) is 12.3 Å². The number of ether oxygens (including phenoxy) is 1. The molecule has 1 fully saturated rings. The lowest BCUT2D eigenvalue weighted by atomic mass is 9.92. The van der Waals surface area contributed by atoms with E-state index in [9.17, 15) is 0 Å². The summed E-state index contributed by atoms with van der Waals surface area (Å²) in [5.41, 5.74) is 4.76. The van der Waals surface area contributed by atoms with Gasteiger partial charge in [0.15, 0.2) is 0 Å². The van der Waals surface area contributed by atoms with Gasteiger partial charge in [0.2, 0.25) is 0 Å². The minimum absolute atomic E-state index is 0.222. The Bertz CT molecular complexity index is 1100. The van der Waals surface area contributed by atoms with Crippen molar-refractivity contribution in [3.63, 3.8) is 0 Å². The molecule has 5 rings (SSSR count). The van der Waals surface area contributed by atoms with Gasteiger partial charge in [0.1, 0.15) is 0 Å². The van der Waals surface area contributed by atoms with E-state index in [4.69, 9.17) is 4.74 Å². The van der Waals surface area contributed by atoms with Crippen LogP contribution in [-0.4, -0.2) is 35.4 Å². The second-order valence-electron chi connectivity index (χ2n) is 7.25. The van der Waals surface area contributed by atoms with Gasteiger partial charge in [-0.25, -0.2) is 0 Å². The second-order valence-corrected chi connectivity index (χ2v) is 7.25. The highest BCUT2D eigenvalue weighted by molar-refractivity contribution is 5.87. The van der Waals surface area contributed by atoms with E-state index in [-0.39, 0.29) is 6.10 Å². The smallest absolute Gasteiger partial charge is 0.0766 e. The van der Waals surface area contributed by atoms with Crippen LogP contribution in [0.4, 0.5) is 0 Å². The first-order valence-electron chi connectivity index (χ1n) is 9.59. The van der Waals surface area contributed by atoms with Crippen LogP contribution < -0.4 is 5.32 Å². The van der Waals surface area contributed by atoms with E-state index < -0.39 is 0 Å². The van der Waals surface area contributed by atoms with Crippen molar-refractivity contribution < 1.29 is 4.74 Å². The van der Waals surface area contributed by atoms with Crippen molar-refractivity contribution in [1.82, 2.24) is 14.9 Å². The molecule has 0 radical (unpaired) electrons. The van der Waals surface area contributed by atoms with Gasteiger partial charge in [-0.15, -0.1) is 0 Å². The van der Waals surface area contributed by atoms with Crippen LogP contribution >= 0.6 is 0 Å². The van der Waals surface area contributed by atoms with Crippen LogP contribution in [0, 0.1) is 0 Å². The zero-order valence-corrected chi connectivity index (χ0v) is 15.4. The van der Waals surface area contributed by atoms with E-state index in [1.165, 1.54) is 16.5 Å². The van der Waals surface area contributed by atoms with E-state index in [0.29, 0.717) is 5.92 Å². The highest BCUT2D eigenvalue weighted by atomic mass is 16.5. The largest absolute Gasteiger partial charge is 0.375 e. The van der Waals surface area contributed by atoms with Crippen LogP contribution in [-0.2, 0) is 4.74 Å². The molecule has 1 saturated heterocycles. The highest BCUT2D eigenvalue weighted by Crippen LogP contribution is 2.32. The summed E-state index contributed by atoms with van der Waals surface area (Å²) in [6, 6.07) is 19.3. The molecule has 2 aromatic heterocycles. The second kappa shape index (κ2) is 6.80. The molecule has 136 valence electrons. The van der Waals surface area contributed by atoms with E-state index in [0.717, 1.165) is 36.3 Å². The van der Waals surface area contributed by atoms with Gasteiger partial charge in [-0.05, 0) is 42.0 Å². The average Bonchev–Trinajstić information content (AvgIpc) is 3.18. The number of hydrogen-bond donors (Lipinski definition) is 1. The van der Waals surface area contributed by atoms with Crippen LogP contribution in [0.25, 0.3) is 27.5 Å². The van der Waals surface area contributed by atoms with Gasteiger partial charge in [0.05, 0.1) is 23.7 Å². The Hall–Kier alpha value is -2.69. The van der Waals surface area contributed by atoms with Crippen LogP contribution in [0.5, 0.6) is 0 Å². The monoisotopic (exact) mass is 357 g/mol. The predicted octanol–water partition coefficient (Wildman–Crippen LogP) is 4.27. The van der Waals surface area contributed by atoms with E-state index in [1.54, 1.807) is 0 Å². The molecule has 4 heteroatoms. The molecule has 1 aliphatic heterocycles. The van der Waals surface area contributed by atoms with Crippen molar-refractivity contribution in [1.29, 1.82) is 0 Å². The molecule has 0 spiro atoms. The number of fused-ring (bicyclic) bond motifs is 2. The molecular weight excluding hydrogens is 334 g/mol. The Labute approximate surface area is 158 Å². The van der Waals surface area contributed by atoms with Gasteiger partial charge >= 0.3 is 0 Å². The van der Waals surface area contributed by atoms with Gasteiger partial charge in [0, 0.05) is 47.9 Å². The molecule has 0 aliphatic carbocycles. The Morgan fingerprint density at radius 3 is 3.00 bits per heavy atom. The lowest BCUT2D eigenvalue weighted by molar-refractivity contribution is 0.0149. The first-order chi connectivity index (χ1) is 13.3. The minimum Gasteiger partial charge on any atom is -0.375 e. The summed E-state index contributed by atoms with van der Waals surface area (Å²) in [6.45, 7) is 4.92. The Balaban J connectivity index is 1.58. The van der Waals surface area contributed by atoms with Crippen molar-refractivity contribution in [2.75, 3.05) is 19.7 Å². The third-order valence-corrected chi connectivity index (χ3v) is 5.64. The summed E-state index contributed by atoms with van der Waals surface area (Å²) < 4.78 is 8.27. The lowest BCUT2D eigenvalue weighted by Gasteiger charge is -2.29. The number of aromatic nitrogens is 2. The predicted molar refractivity (Wildman–Crippen MR) is 110 cm³/mol. The number of morpholine rings is 1. The van der Waals surface area contributed by atoms with Gasteiger partial charge in [-0.2, -0.15) is 0 Å². The number of nitrogens with one attached hydrogen (secondary N) is 1. The standard InChI is InChI=1S/C23H23N3O/c1-16(23-15-24-11-13-27-23)19-5-2-6-22-20(19)9-12-26(22)18-7-8-21-17(14-18)4-3-10-25-21/h2-10,12,14,16,23-24H,11,13,15H2,1H3. The maximum absolute atomic E-state index is 6.01. The van der Waals surface area contributed by atoms with Gasteiger partial charge in [-0.3, -0.25) is 4.98 Å². The third-order valence-electron chi connectivity index (χ3n) is 5.64. The fraction of sp³-hybridized carbons (Fsp3) is 0.261. The number of pyridine rings is 1. The summed E-state index contributed by atoms with van der Waals surface area (Å²) in [4.78, 5) is 4.43. The van der Waals surface area contributed by atoms with Crippen molar-refractivity contribution in [3.05, 3.63) is 72.6 Å². The fourth-order valence-corrected chi connectivity index (χ4v) is 4.13. The molecule has 0 amide bonds. The summed E-state index contributed by atoms with van der Waals surface area (Å²) in [5, 5.41) is 5.90. The molecule has 27 heavy (non-hydrogen) atoms.